The number of amides is 2. The van der Waals surface area contributed by atoms with E-state index >= 15 is 0 Å². The van der Waals surface area contributed by atoms with Gasteiger partial charge in [0.1, 0.15) is 5.69 Å². The Morgan fingerprint density at radius 3 is 2.49 bits per heavy atom. The fraction of sp³-hybridized carbons (Fsp3) is 0.231. The van der Waals surface area contributed by atoms with E-state index in [0.29, 0.717) is 21.3 Å². The zero-order chi connectivity index (χ0) is 28.1. The predicted octanol–water partition coefficient (Wildman–Crippen LogP) is 7.54. The number of fused-ring (bicyclic) bond motifs is 1. The topological polar surface area (TPSA) is 88.9 Å². The van der Waals surface area contributed by atoms with Crippen molar-refractivity contribution in [1.82, 2.24) is 20.1 Å². The molecule has 4 aromatic rings. The largest absolute Gasteiger partial charge is 0.435 e. The molecule has 1 saturated carbocycles. The molecule has 0 unspecified atom stereocenters. The smallest absolute Gasteiger partial charge is 0.347 e. The molecule has 13 heteroatoms. The van der Waals surface area contributed by atoms with Crippen LogP contribution in [0.2, 0.25) is 5.02 Å². The summed E-state index contributed by atoms with van der Waals surface area (Å²) < 4.78 is 42.7. The maximum absolute atomic E-state index is 13.6. The van der Waals surface area contributed by atoms with Crippen LogP contribution in [-0.2, 0) is 6.18 Å². The van der Waals surface area contributed by atoms with E-state index in [1.54, 1.807) is 18.2 Å². The SMILES string of the molecule is CC1(NC(=O)c2cc3cc(Br)ccc3c(Br)c2NC(=O)c2cc(C(F)(F)F)nn2-c2ncccc2Cl)CCC1. The summed E-state index contributed by atoms with van der Waals surface area (Å²) in [7, 11) is 0. The highest BCUT2D eigenvalue weighted by molar-refractivity contribution is 9.11. The van der Waals surface area contributed by atoms with Crippen LogP contribution >= 0.6 is 43.5 Å². The molecule has 39 heavy (non-hydrogen) atoms. The van der Waals surface area contributed by atoms with Crippen molar-refractivity contribution in [3.63, 3.8) is 0 Å². The minimum Gasteiger partial charge on any atom is -0.347 e. The molecule has 0 bridgehead atoms. The third-order valence-electron chi connectivity index (χ3n) is 6.57. The van der Waals surface area contributed by atoms with Crippen molar-refractivity contribution in [2.75, 3.05) is 5.32 Å². The molecule has 5 rings (SSSR count). The first-order chi connectivity index (χ1) is 18.4. The van der Waals surface area contributed by atoms with Crippen molar-refractivity contribution in [2.45, 2.75) is 37.9 Å². The van der Waals surface area contributed by atoms with Gasteiger partial charge in [-0.3, -0.25) is 9.59 Å². The Kier molecular flexibility index (Phi) is 7.23. The average molecular weight is 686 g/mol. The minimum absolute atomic E-state index is 0.00496. The maximum Gasteiger partial charge on any atom is 0.435 e. The number of alkyl halides is 3. The Labute approximate surface area is 242 Å². The van der Waals surface area contributed by atoms with Crippen LogP contribution in [0, 0.1) is 0 Å². The monoisotopic (exact) mass is 683 g/mol. The molecule has 7 nitrogen and oxygen atoms in total. The lowest BCUT2D eigenvalue weighted by molar-refractivity contribution is -0.141. The molecule has 1 fully saturated rings. The van der Waals surface area contributed by atoms with Crippen LogP contribution < -0.4 is 10.6 Å². The summed E-state index contributed by atoms with van der Waals surface area (Å²) in [6, 6.07) is 10.6. The highest BCUT2D eigenvalue weighted by atomic mass is 79.9. The highest BCUT2D eigenvalue weighted by Gasteiger charge is 2.37. The molecule has 1 aliphatic carbocycles. The van der Waals surface area contributed by atoms with E-state index in [1.165, 1.54) is 18.3 Å². The molecule has 1 aliphatic rings. The highest BCUT2D eigenvalue weighted by Crippen LogP contribution is 2.38. The number of pyridine rings is 1. The second-order valence-electron chi connectivity index (χ2n) is 9.43. The molecule has 0 atom stereocenters. The van der Waals surface area contributed by atoms with E-state index in [2.05, 4.69) is 52.6 Å². The standard InChI is InChI=1S/C26H19Br2ClF3N5O2/c1-25(7-3-8-25)35-23(38)16-11-13-10-14(27)5-6-15(13)20(28)21(16)34-24(39)18-12-19(26(30,31)32)36-37(18)22-17(29)4-2-9-33-22/h2,4-6,9-12H,3,7-8H2,1H3,(H,34,39)(H,35,38). The van der Waals surface area contributed by atoms with Crippen LogP contribution in [0.1, 0.15) is 52.7 Å². The van der Waals surface area contributed by atoms with Crippen LogP contribution in [0.4, 0.5) is 18.9 Å². The molecule has 2 N–H and O–H groups in total. The molecule has 0 aliphatic heterocycles. The Morgan fingerprint density at radius 1 is 1.10 bits per heavy atom. The van der Waals surface area contributed by atoms with Gasteiger partial charge in [0.2, 0.25) is 0 Å². The molecule has 0 saturated heterocycles. The van der Waals surface area contributed by atoms with Crippen LogP contribution in [0.15, 0.2) is 57.6 Å². The number of hydrogen-bond acceptors (Lipinski definition) is 4. The van der Waals surface area contributed by atoms with Crippen LogP contribution in [-0.4, -0.2) is 32.1 Å². The summed E-state index contributed by atoms with van der Waals surface area (Å²) in [5, 5.41) is 10.6. The molecule has 2 aromatic carbocycles. The van der Waals surface area contributed by atoms with Gasteiger partial charge in [-0.05, 0) is 83.2 Å². The second kappa shape index (κ2) is 10.2. The van der Waals surface area contributed by atoms with Gasteiger partial charge in [0.15, 0.2) is 11.5 Å². The summed E-state index contributed by atoms with van der Waals surface area (Å²) in [5.74, 6) is -1.52. The molecule has 2 heterocycles. The minimum atomic E-state index is -4.83. The van der Waals surface area contributed by atoms with Gasteiger partial charge in [0, 0.05) is 26.7 Å². The Morgan fingerprint density at radius 2 is 1.85 bits per heavy atom. The first-order valence-corrected chi connectivity index (χ1v) is 13.7. The number of hydrogen-bond donors (Lipinski definition) is 2. The van der Waals surface area contributed by atoms with Gasteiger partial charge < -0.3 is 10.6 Å². The lowest BCUT2D eigenvalue weighted by Crippen LogP contribution is -2.51. The van der Waals surface area contributed by atoms with Gasteiger partial charge in [-0.1, -0.05) is 33.6 Å². The molecule has 202 valence electrons. The summed E-state index contributed by atoms with van der Waals surface area (Å²) in [4.78, 5) is 31.0. The summed E-state index contributed by atoms with van der Waals surface area (Å²) in [6.45, 7) is 1.94. The Hall–Kier alpha value is -2.96. The first kappa shape index (κ1) is 27.6. The van der Waals surface area contributed by atoms with E-state index in [-0.39, 0.29) is 27.6 Å². The van der Waals surface area contributed by atoms with E-state index in [1.807, 2.05) is 13.0 Å². The van der Waals surface area contributed by atoms with Crippen molar-refractivity contribution < 1.29 is 22.8 Å². The van der Waals surface area contributed by atoms with Crippen molar-refractivity contribution in [1.29, 1.82) is 0 Å². The number of rotatable bonds is 5. The maximum atomic E-state index is 13.6. The van der Waals surface area contributed by atoms with Gasteiger partial charge in [-0.25, -0.2) is 9.67 Å². The number of benzene rings is 2. The zero-order valence-corrected chi connectivity index (χ0v) is 24.1. The quantitative estimate of drug-likeness (QED) is 0.227. The van der Waals surface area contributed by atoms with E-state index in [9.17, 15) is 22.8 Å². The first-order valence-electron chi connectivity index (χ1n) is 11.7. The lowest BCUT2D eigenvalue weighted by atomic mass is 9.78. The zero-order valence-electron chi connectivity index (χ0n) is 20.2. The summed E-state index contributed by atoms with van der Waals surface area (Å²) in [6.07, 6.45) is -0.909. The normalized spacial score (nSPS) is 14.6. The molecule has 2 aromatic heterocycles. The second-order valence-corrected chi connectivity index (χ2v) is 11.6. The fourth-order valence-electron chi connectivity index (χ4n) is 4.36. The fourth-order valence-corrected chi connectivity index (χ4v) is 5.62. The van der Waals surface area contributed by atoms with Crippen LogP contribution in [0.5, 0.6) is 0 Å². The van der Waals surface area contributed by atoms with Gasteiger partial charge in [-0.2, -0.15) is 18.3 Å². The predicted molar refractivity (Wildman–Crippen MR) is 148 cm³/mol. The summed E-state index contributed by atoms with van der Waals surface area (Å²) in [5.41, 5.74) is -1.90. The van der Waals surface area contributed by atoms with E-state index in [4.69, 9.17) is 11.6 Å². The van der Waals surface area contributed by atoms with Crippen molar-refractivity contribution in [3.8, 4) is 5.82 Å². The third kappa shape index (κ3) is 5.42. The van der Waals surface area contributed by atoms with Gasteiger partial charge in [0.05, 0.1) is 16.3 Å². The third-order valence-corrected chi connectivity index (χ3v) is 8.18. The number of anilines is 1. The number of halogens is 6. The molecule has 0 radical (unpaired) electrons. The van der Waals surface area contributed by atoms with Crippen LogP contribution in [0.25, 0.3) is 16.6 Å². The van der Waals surface area contributed by atoms with Crippen LogP contribution in [0.3, 0.4) is 0 Å². The average Bonchev–Trinajstić information content (AvgIpc) is 3.31. The van der Waals surface area contributed by atoms with Gasteiger partial charge >= 0.3 is 6.18 Å². The molecule has 0 spiro atoms. The number of nitrogens with one attached hydrogen (secondary N) is 2. The van der Waals surface area contributed by atoms with Crippen molar-refractivity contribution in [2.24, 2.45) is 0 Å². The summed E-state index contributed by atoms with van der Waals surface area (Å²) >= 11 is 13.1. The van der Waals surface area contributed by atoms with Crippen molar-refractivity contribution in [3.05, 3.63) is 79.6 Å². The Balaban J connectivity index is 1.62. The van der Waals surface area contributed by atoms with E-state index < -0.39 is 29.4 Å². The van der Waals surface area contributed by atoms with Crippen molar-refractivity contribution >= 4 is 71.7 Å². The van der Waals surface area contributed by atoms with E-state index in [0.717, 1.165) is 28.4 Å². The number of carbonyl (C=O) groups is 2. The Bertz CT molecular complexity index is 1640. The number of carbonyl (C=O) groups excluding carboxylic acids is 2. The molecular weight excluding hydrogens is 667 g/mol. The van der Waals surface area contributed by atoms with Gasteiger partial charge in [-0.15, -0.1) is 0 Å². The molecular formula is C26H19Br2ClF3N5O2. The van der Waals surface area contributed by atoms with Gasteiger partial charge in [0.25, 0.3) is 11.8 Å². The molecule has 2 amide bonds. The number of nitrogens with zero attached hydrogens (tertiary/aromatic N) is 3. The lowest BCUT2D eigenvalue weighted by Gasteiger charge is -2.39. The number of aromatic nitrogens is 3.